The normalized spacial score (nSPS) is 24.5. The fraction of sp³-hybridized carbons (Fsp3) is 0.455. The van der Waals surface area contributed by atoms with Crippen molar-refractivity contribution < 1.29 is 19.1 Å². The van der Waals surface area contributed by atoms with Gasteiger partial charge in [0.25, 0.3) is 0 Å². The molecule has 0 spiro atoms. The van der Waals surface area contributed by atoms with Crippen LogP contribution in [0.3, 0.4) is 0 Å². The Morgan fingerprint density at radius 2 is 2.20 bits per heavy atom. The van der Waals surface area contributed by atoms with Gasteiger partial charge in [0.15, 0.2) is 0 Å². The lowest BCUT2D eigenvalue weighted by Gasteiger charge is -2.40. The molecule has 1 saturated heterocycles. The maximum Gasteiger partial charge on any atom is 0.340 e. The molecule has 0 amide bonds. The van der Waals surface area contributed by atoms with Crippen LogP contribution in [0.15, 0.2) is 27.5 Å². The van der Waals surface area contributed by atoms with Gasteiger partial charge in [-0.25, -0.2) is 9.18 Å². The molecule has 0 radical (unpaired) electrons. The summed E-state index contributed by atoms with van der Waals surface area (Å²) in [7, 11) is 1.92. The molecule has 1 aliphatic carbocycles. The number of thioether (sulfide) groups is 1. The second kappa shape index (κ2) is 7.13. The molecule has 6 nitrogen and oxygen atoms in total. The standard InChI is InChI=1S/C22H24FN3O3S/c1-3-24-7-11-4-5-26(8-11)18-14(23)6-13-16-15-12(9-25(2)19(16)18)10-30-21(15)17(20(13)27)22(28)29/h6,10-11,15,24H,3-5,7-9H2,1-2H3,(H,28,29). The van der Waals surface area contributed by atoms with E-state index in [4.69, 9.17) is 0 Å². The molecule has 2 atom stereocenters. The molecule has 3 aliphatic heterocycles. The van der Waals surface area contributed by atoms with E-state index in [0.29, 0.717) is 23.1 Å². The molecule has 30 heavy (non-hydrogen) atoms. The Bertz CT molecular complexity index is 1030. The van der Waals surface area contributed by atoms with Crippen molar-refractivity contribution in [2.75, 3.05) is 49.6 Å². The lowest BCUT2D eigenvalue weighted by Crippen LogP contribution is -2.36. The number of aliphatic carboxylic acids is 1. The van der Waals surface area contributed by atoms with Gasteiger partial charge in [0.2, 0.25) is 5.78 Å². The Morgan fingerprint density at radius 1 is 1.40 bits per heavy atom. The van der Waals surface area contributed by atoms with Gasteiger partial charge in [0.1, 0.15) is 11.4 Å². The zero-order valence-electron chi connectivity index (χ0n) is 17.0. The van der Waals surface area contributed by atoms with Gasteiger partial charge in [-0.3, -0.25) is 4.79 Å². The van der Waals surface area contributed by atoms with Gasteiger partial charge in [-0.15, -0.1) is 11.8 Å². The number of carboxylic acid groups (broad SMARTS) is 1. The minimum atomic E-state index is -1.24. The number of nitrogens with zero attached hydrogens (tertiary/aromatic N) is 2. The van der Waals surface area contributed by atoms with Crippen molar-refractivity contribution >= 4 is 34.9 Å². The van der Waals surface area contributed by atoms with Crippen LogP contribution in [0.2, 0.25) is 0 Å². The number of anilines is 2. The smallest absolute Gasteiger partial charge is 0.340 e. The first kappa shape index (κ1) is 19.6. The third-order valence-corrected chi connectivity index (χ3v) is 7.66. The highest BCUT2D eigenvalue weighted by Gasteiger charge is 2.47. The van der Waals surface area contributed by atoms with Crippen molar-refractivity contribution in [3.05, 3.63) is 44.5 Å². The van der Waals surface area contributed by atoms with Crippen molar-refractivity contribution in [2.24, 2.45) is 5.92 Å². The van der Waals surface area contributed by atoms with Crippen molar-refractivity contribution in [1.29, 1.82) is 0 Å². The largest absolute Gasteiger partial charge is 0.478 e. The molecule has 1 aromatic rings. The van der Waals surface area contributed by atoms with E-state index in [1.807, 2.05) is 17.4 Å². The second-order valence-electron chi connectivity index (χ2n) is 8.40. The van der Waals surface area contributed by atoms with Crippen LogP contribution < -0.4 is 15.1 Å². The minimum Gasteiger partial charge on any atom is -0.478 e. The number of carboxylic acids is 1. The molecule has 0 bridgehead atoms. The van der Waals surface area contributed by atoms with Gasteiger partial charge < -0.3 is 20.2 Å². The molecule has 1 aromatic carbocycles. The zero-order chi connectivity index (χ0) is 21.2. The Balaban J connectivity index is 1.65. The quantitative estimate of drug-likeness (QED) is 0.697. The fourth-order valence-corrected chi connectivity index (χ4v) is 6.45. The van der Waals surface area contributed by atoms with Gasteiger partial charge in [-0.1, -0.05) is 6.92 Å². The summed E-state index contributed by atoms with van der Waals surface area (Å²) in [4.78, 5) is 29.6. The number of hydrogen-bond acceptors (Lipinski definition) is 6. The predicted octanol–water partition coefficient (Wildman–Crippen LogP) is 2.96. The topological polar surface area (TPSA) is 72.9 Å². The van der Waals surface area contributed by atoms with Gasteiger partial charge in [0.05, 0.1) is 11.4 Å². The number of hydrogen-bond donors (Lipinski definition) is 2. The van der Waals surface area contributed by atoms with E-state index in [1.165, 1.54) is 17.8 Å². The van der Waals surface area contributed by atoms with Gasteiger partial charge in [0, 0.05) is 48.6 Å². The highest BCUT2D eigenvalue weighted by Crippen LogP contribution is 2.58. The molecular weight excluding hydrogens is 405 g/mol. The number of carbonyl (C=O) groups is 2. The number of halogens is 1. The van der Waals surface area contributed by atoms with E-state index < -0.39 is 17.6 Å². The summed E-state index contributed by atoms with van der Waals surface area (Å²) in [6, 6.07) is 1.27. The first-order chi connectivity index (χ1) is 14.4. The van der Waals surface area contributed by atoms with Crippen molar-refractivity contribution in [3.63, 3.8) is 0 Å². The van der Waals surface area contributed by atoms with Crippen LogP contribution >= 0.6 is 11.8 Å². The van der Waals surface area contributed by atoms with E-state index in [1.54, 1.807) is 0 Å². The molecule has 2 unspecified atom stereocenters. The average Bonchev–Trinajstić information content (AvgIpc) is 3.33. The molecule has 1 fully saturated rings. The summed E-state index contributed by atoms with van der Waals surface area (Å²) in [6.07, 6.45) is 0.990. The SMILES string of the molecule is CCNCC1CCN(c2c(F)cc3c4c2N(C)CC2=CSC(=C(C(=O)O)C3=O)C24)C1. The van der Waals surface area contributed by atoms with E-state index in [9.17, 15) is 14.7 Å². The van der Waals surface area contributed by atoms with Gasteiger partial charge in [-0.2, -0.15) is 0 Å². The number of nitrogens with one attached hydrogen (secondary N) is 1. The number of likely N-dealkylation sites (N-methyl/N-ethyl adjacent to an activating group) is 1. The highest BCUT2D eigenvalue weighted by atomic mass is 32.2. The summed E-state index contributed by atoms with van der Waals surface area (Å²) >= 11 is 1.32. The van der Waals surface area contributed by atoms with Crippen LogP contribution in [0.25, 0.3) is 0 Å². The Morgan fingerprint density at radius 3 is 2.93 bits per heavy atom. The molecule has 2 N–H and O–H groups in total. The first-order valence-corrected chi connectivity index (χ1v) is 11.2. The molecule has 4 aliphatic rings. The van der Waals surface area contributed by atoms with Crippen molar-refractivity contribution in [1.82, 2.24) is 5.32 Å². The van der Waals surface area contributed by atoms with Crippen LogP contribution in [-0.2, 0) is 4.79 Å². The average molecular weight is 430 g/mol. The summed E-state index contributed by atoms with van der Waals surface area (Å²) in [5.41, 5.74) is 3.13. The van der Waals surface area contributed by atoms with E-state index in [2.05, 4.69) is 17.1 Å². The molecule has 158 valence electrons. The van der Waals surface area contributed by atoms with Crippen LogP contribution in [0.4, 0.5) is 15.8 Å². The highest BCUT2D eigenvalue weighted by molar-refractivity contribution is 8.06. The van der Waals surface area contributed by atoms with Crippen molar-refractivity contribution in [2.45, 2.75) is 19.3 Å². The number of allylic oxidation sites excluding steroid dienone is 1. The van der Waals surface area contributed by atoms with E-state index in [0.717, 1.165) is 49.4 Å². The Labute approximate surface area is 178 Å². The third kappa shape index (κ3) is 2.73. The van der Waals surface area contributed by atoms with E-state index in [-0.39, 0.29) is 17.1 Å². The van der Waals surface area contributed by atoms with Gasteiger partial charge in [-0.05, 0) is 42.5 Å². The third-order valence-electron chi connectivity index (χ3n) is 6.54. The minimum absolute atomic E-state index is 0.195. The first-order valence-electron chi connectivity index (χ1n) is 10.3. The second-order valence-corrected chi connectivity index (χ2v) is 9.31. The van der Waals surface area contributed by atoms with Crippen LogP contribution in [0.1, 0.15) is 35.2 Å². The monoisotopic (exact) mass is 429 g/mol. The van der Waals surface area contributed by atoms with Crippen molar-refractivity contribution in [3.8, 4) is 0 Å². The summed E-state index contributed by atoms with van der Waals surface area (Å²) in [6.45, 7) is 6.03. The molecule has 5 rings (SSSR count). The van der Waals surface area contributed by atoms with Crippen LogP contribution in [0.5, 0.6) is 0 Å². The van der Waals surface area contributed by atoms with E-state index >= 15 is 4.39 Å². The van der Waals surface area contributed by atoms with Crippen LogP contribution in [-0.4, -0.2) is 56.6 Å². The lowest BCUT2D eigenvalue weighted by molar-refractivity contribution is -0.132. The number of rotatable bonds is 5. The predicted molar refractivity (Wildman–Crippen MR) is 116 cm³/mol. The Hall–Kier alpha value is -2.32. The van der Waals surface area contributed by atoms with Crippen LogP contribution in [0, 0.1) is 11.7 Å². The number of benzene rings is 1. The summed E-state index contributed by atoms with van der Waals surface area (Å²) in [5, 5.41) is 15.0. The number of carbonyl (C=O) groups excluding carboxylic acids is 1. The molecule has 0 saturated carbocycles. The maximum absolute atomic E-state index is 15.5. The molecule has 0 aromatic heterocycles. The number of Topliss-reactive ketones (excluding diaryl/α,β-unsaturated/α-hetero) is 1. The fourth-order valence-electron chi connectivity index (χ4n) is 5.25. The van der Waals surface area contributed by atoms with Gasteiger partial charge >= 0.3 is 5.97 Å². The number of ketones is 1. The lowest BCUT2D eigenvalue weighted by atomic mass is 9.75. The molecular formula is C22H24FN3O3S. The Kier molecular flexibility index (Phi) is 4.67. The molecule has 8 heteroatoms. The molecule has 3 heterocycles. The maximum atomic E-state index is 15.5. The summed E-state index contributed by atoms with van der Waals surface area (Å²) in [5.74, 6) is -2.06. The zero-order valence-corrected chi connectivity index (χ0v) is 17.8. The summed E-state index contributed by atoms with van der Waals surface area (Å²) < 4.78 is 15.5.